The van der Waals surface area contributed by atoms with E-state index in [4.69, 9.17) is 4.74 Å². The molecule has 0 radical (unpaired) electrons. The van der Waals surface area contributed by atoms with E-state index < -0.39 is 0 Å². The van der Waals surface area contributed by atoms with Gasteiger partial charge in [-0.3, -0.25) is 0 Å². The lowest BCUT2D eigenvalue weighted by molar-refractivity contribution is -0.160. The molecule has 1 nitrogen and oxygen atoms in total. The van der Waals surface area contributed by atoms with Crippen LogP contribution in [0.15, 0.2) is 0 Å². The minimum absolute atomic E-state index is 0.683. The maximum absolute atomic E-state index is 5.92. The van der Waals surface area contributed by atoms with E-state index in [1.54, 1.807) is 0 Å². The first-order chi connectivity index (χ1) is 5.86. The molecule has 0 spiro atoms. The summed E-state index contributed by atoms with van der Waals surface area (Å²) in [5, 5.41) is 0. The second kappa shape index (κ2) is 1.75. The third-order valence-electron chi connectivity index (χ3n) is 5.35. The van der Waals surface area contributed by atoms with Gasteiger partial charge in [0.1, 0.15) is 0 Å². The van der Waals surface area contributed by atoms with Crippen molar-refractivity contribution in [1.82, 2.24) is 0 Å². The minimum Gasteiger partial charge on any atom is -0.378 e. The average Bonchev–Trinajstić information content (AvgIpc) is 2.36. The van der Waals surface area contributed by atoms with E-state index in [0.717, 1.165) is 42.1 Å². The highest BCUT2D eigenvalue weighted by Crippen LogP contribution is 2.68. The first kappa shape index (κ1) is 6.42. The Morgan fingerprint density at radius 2 is 2.00 bits per heavy atom. The van der Waals surface area contributed by atoms with E-state index >= 15 is 0 Å². The Bertz CT molecular complexity index is 233. The first-order valence-electron chi connectivity index (χ1n) is 5.48. The number of rotatable bonds is 0. The summed E-state index contributed by atoms with van der Waals surface area (Å²) in [6, 6.07) is 0. The molecule has 12 heavy (non-hydrogen) atoms. The molecule has 7 unspecified atom stereocenters. The molecule has 1 heterocycles. The predicted octanol–water partition coefficient (Wildman–Crippen LogP) is 1.92. The Balaban J connectivity index is 1.82. The molecule has 1 aliphatic heterocycles. The lowest BCUT2D eigenvalue weighted by atomic mass is 9.57. The molecule has 7 atom stereocenters. The van der Waals surface area contributed by atoms with Gasteiger partial charge in [0.2, 0.25) is 0 Å². The van der Waals surface area contributed by atoms with Crippen molar-refractivity contribution < 1.29 is 4.74 Å². The summed E-state index contributed by atoms with van der Waals surface area (Å²) in [6.07, 6.45) is 3.59. The fraction of sp³-hybridized carbons (Fsp3) is 1.00. The molecule has 0 amide bonds. The lowest BCUT2D eigenvalue weighted by Crippen LogP contribution is -2.52. The summed E-state index contributed by atoms with van der Waals surface area (Å²) in [6.45, 7) is 3.57. The fourth-order valence-electron chi connectivity index (χ4n) is 4.91. The maximum Gasteiger partial charge on any atom is 0.0611 e. The quantitative estimate of drug-likeness (QED) is 0.531. The third kappa shape index (κ3) is 0.477. The van der Waals surface area contributed by atoms with E-state index in [1.165, 1.54) is 12.8 Å². The predicted molar refractivity (Wildman–Crippen MR) is 45.6 cm³/mol. The van der Waals surface area contributed by atoms with Gasteiger partial charge in [0.15, 0.2) is 0 Å². The van der Waals surface area contributed by atoms with Crippen LogP contribution in [0.25, 0.3) is 0 Å². The van der Waals surface area contributed by atoms with Gasteiger partial charge in [-0.05, 0) is 48.3 Å². The van der Waals surface area contributed by atoms with Gasteiger partial charge >= 0.3 is 0 Å². The highest BCUT2D eigenvalue weighted by molar-refractivity contribution is 5.14. The molecule has 0 aromatic heterocycles. The molecular weight excluding hydrogens is 148 g/mol. The summed E-state index contributed by atoms with van der Waals surface area (Å²) in [5.41, 5.74) is 0. The van der Waals surface area contributed by atoms with Crippen LogP contribution in [0, 0.1) is 35.5 Å². The minimum atomic E-state index is 0.683. The largest absolute Gasteiger partial charge is 0.378 e. The zero-order valence-corrected chi connectivity index (χ0v) is 7.57. The monoisotopic (exact) mass is 164 g/mol. The number of hydrogen-bond acceptors (Lipinski definition) is 1. The van der Waals surface area contributed by atoms with Gasteiger partial charge in [-0.15, -0.1) is 0 Å². The van der Waals surface area contributed by atoms with E-state index in [9.17, 15) is 0 Å². The van der Waals surface area contributed by atoms with Gasteiger partial charge < -0.3 is 4.74 Å². The first-order valence-corrected chi connectivity index (χ1v) is 5.48. The van der Waals surface area contributed by atoms with Crippen LogP contribution in [0.1, 0.15) is 19.8 Å². The molecule has 3 aliphatic carbocycles. The Hall–Kier alpha value is -0.0400. The zero-order valence-electron chi connectivity index (χ0n) is 7.57. The van der Waals surface area contributed by atoms with Gasteiger partial charge in [0, 0.05) is 0 Å². The van der Waals surface area contributed by atoms with Crippen LogP contribution >= 0.6 is 0 Å². The molecule has 2 bridgehead atoms. The van der Waals surface area contributed by atoms with Gasteiger partial charge in [0.05, 0.1) is 12.7 Å². The SMILES string of the molecule is CC1C2CC3OCC4CC2C4C31. The number of fused-ring (bicyclic) bond motifs is 2. The Morgan fingerprint density at radius 3 is 2.83 bits per heavy atom. The van der Waals surface area contributed by atoms with Crippen LogP contribution in [0.5, 0.6) is 0 Å². The molecule has 0 N–H and O–H groups in total. The van der Waals surface area contributed by atoms with Crippen molar-refractivity contribution in [3.8, 4) is 0 Å². The third-order valence-corrected chi connectivity index (χ3v) is 5.35. The highest BCUT2D eigenvalue weighted by Gasteiger charge is 2.66. The lowest BCUT2D eigenvalue weighted by Gasteiger charge is -2.53. The molecule has 66 valence electrons. The molecule has 0 aromatic carbocycles. The normalized spacial score (nSPS) is 71.2. The molecule has 0 aromatic rings. The summed E-state index contributed by atoms with van der Waals surface area (Å²) in [4.78, 5) is 0. The van der Waals surface area contributed by atoms with E-state index in [0.29, 0.717) is 6.10 Å². The topological polar surface area (TPSA) is 9.23 Å². The second-order valence-electron chi connectivity index (χ2n) is 5.44. The zero-order chi connectivity index (χ0) is 7.87. The molecule has 4 rings (SSSR count). The van der Waals surface area contributed by atoms with Crippen molar-refractivity contribution in [3.05, 3.63) is 0 Å². The number of hydrogen-bond donors (Lipinski definition) is 0. The smallest absolute Gasteiger partial charge is 0.0611 e. The van der Waals surface area contributed by atoms with Crippen LogP contribution in [-0.2, 0) is 4.74 Å². The molecule has 3 saturated carbocycles. The molecule has 4 aliphatic rings. The van der Waals surface area contributed by atoms with Gasteiger partial charge in [-0.25, -0.2) is 0 Å². The van der Waals surface area contributed by atoms with Gasteiger partial charge in [-0.2, -0.15) is 0 Å². The molecular formula is C11H16O. The standard InChI is InChI=1S/C11H16O/c1-5-7-3-9-10(5)11-6(4-12-9)2-8(7)11/h5-11H,2-4H2,1H3. The Morgan fingerprint density at radius 1 is 1.08 bits per heavy atom. The van der Waals surface area contributed by atoms with E-state index in [1.807, 2.05) is 0 Å². The highest BCUT2D eigenvalue weighted by atomic mass is 16.5. The van der Waals surface area contributed by atoms with E-state index in [-0.39, 0.29) is 0 Å². The molecule has 4 fully saturated rings. The van der Waals surface area contributed by atoms with Gasteiger partial charge in [0.25, 0.3) is 0 Å². The van der Waals surface area contributed by atoms with Crippen molar-refractivity contribution in [2.45, 2.75) is 25.9 Å². The summed E-state index contributed by atoms with van der Waals surface area (Å²) < 4.78 is 5.92. The summed E-state index contributed by atoms with van der Waals surface area (Å²) >= 11 is 0. The van der Waals surface area contributed by atoms with Crippen molar-refractivity contribution in [3.63, 3.8) is 0 Å². The van der Waals surface area contributed by atoms with Crippen LogP contribution in [0.2, 0.25) is 0 Å². The summed E-state index contributed by atoms with van der Waals surface area (Å²) in [5.74, 6) is 6.25. The van der Waals surface area contributed by atoms with Crippen molar-refractivity contribution >= 4 is 0 Å². The fourth-order valence-corrected chi connectivity index (χ4v) is 4.91. The van der Waals surface area contributed by atoms with E-state index in [2.05, 4.69) is 6.92 Å². The second-order valence-corrected chi connectivity index (χ2v) is 5.44. The Kier molecular flexibility index (Phi) is 0.934. The van der Waals surface area contributed by atoms with Crippen LogP contribution in [-0.4, -0.2) is 12.7 Å². The molecule has 1 heteroatoms. The molecule has 1 saturated heterocycles. The van der Waals surface area contributed by atoms with Crippen molar-refractivity contribution in [2.24, 2.45) is 35.5 Å². The van der Waals surface area contributed by atoms with Crippen molar-refractivity contribution in [1.29, 1.82) is 0 Å². The van der Waals surface area contributed by atoms with Gasteiger partial charge in [-0.1, -0.05) is 6.92 Å². The average molecular weight is 164 g/mol. The Labute approximate surface area is 73.5 Å². The summed E-state index contributed by atoms with van der Waals surface area (Å²) in [7, 11) is 0. The number of ether oxygens (including phenoxy) is 1. The van der Waals surface area contributed by atoms with Crippen LogP contribution in [0.4, 0.5) is 0 Å². The maximum atomic E-state index is 5.92. The van der Waals surface area contributed by atoms with Crippen molar-refractivity contribution in [2.75, 3.05) is 6.61 Å². The van der Waals surface area contributed by atoms with Crippen LogP contribution < -0.4 is 0 Å². The van der Waals surface area contributed by atoms with Crippen LogP contribution in [0.3, 0.4) is 0 Å².